The minimum Gasteiger partial charge on any atom is -0.360 e. The zero-order valence-corrected chi connectivity index (χ0v) is 11.5. The number of benzene rings is 1. The molecule has 2 heterocycles. The van der Waals surface area contributed by atoms with Crippen LogP contribution in [0.15, 0.2) is 55.4 Å². The summed E-state index contributed by atoms with van der Waals surface area (Å²) in [6, 6.07) is 9.58. The zero-order chi connectivity index (χ0) is 15.4. The molecule has 0 amide bonds. The maximum Gasteiger partial charge on any atom is 0.354 e. The van der Waals surface area contributed by atoms with E-state index in [1.807, 2.05) is 30.3 Å². The topological polar surface area (TPSA) is 98.8 Å². The number of aromatic nitrogens is 4. The second-order valence-electron chi connectivity index (χ2n) is 4.46. The van der Waals surface area contributed by atoms with Gasteiger partial charge in [0.05, 0.1) is 4.92 Å². The SMILES string of the molecule is O=[N+]([O-])c1c(NCc2ccccc2)ncnc1-n1ccnc1. The lowest BCUT2D eigenvalue weighted by molar-refractivity contribution is -0.384. The van der Waals surface area contributed by atoms with Gasteiger partial charge in [-0.05, 0) is 5.56 Å². The average molecular weight is 296 g/mol. The van der Waals surface area contributed by atoms with Crippen molar-refractivity contribution in [1.82, 2.24) is 19.5 Å². The third-order valence-electron chi connectivity index (χ3n) is 3.04. The fraction of sp³-hybridized carbons (Fsp3) is 0.0714. The number of anilines is 1. The van der Waals surface area contributed by atoms with E-state index in [1.165, 1.54) is 23.4 Å². The summed E-state index contributed by atoms with van der Waals surface area (Å²) in [5.41, 5.74) is 0.816. The molecule has 0 atom stereocenters. The highest BCUT2D eigenvalue weighted by molar-refractivity contribution is 5.64. The molecule has 3 aromatic rings. The van der Waals surface area contributed by atoms with Gasteiger partial charge in [-0.25, -0.2) is 15.0 Å². The summed E-state index contributed by atoms with van der Waals surface area (Å²) in [6.07, 6.45) is 5.87. The summed E-state index contributed by atoms with van der Waals surface area (Å²) in [5, 5.41) is 14.4. The van der Waals surface area contributed by atoms with E-state index in [2.05, 4.69) is 20.3 Å². The van der Waals surface area contributed by atoms with E-state index in [4.69, 9.17) is 0 Å². The predicted molar refractivity (Wildman–Crippen MR) is 79.6 cm³/mol. The molecule has 1 N–H and O–H groups in total. The third-order valence-corrected chi connectivity index (χ3v) is 3.04. The average Bonchev–Trinajstić information content (AvgIpc) is 3.07. The molecule has 22 heavy (non-hydrogen) atoms. The summed E-state index contributed by atoms with van der Waals surface area (Å²) in [5.74, 6) is 0.348. The Balaban J connectivity index is 1.94. The van der Waals surface area contributed by atoms with E-state index in [9.17, 15) is 10.1 Å². The molecule has 0 radical (unpaired) electrons. The van der Waals surface area contributed by atoms with E-state index in [1.54, 1.807) is 6.20 Å². The number of nitrogens with zero attached hydrogens (tertiary/aromatic N) is 5. The molecule has 0 saturated carbocycles. The molecule has 0 aliphatic rings. The molecule has 8 nitrogen and oxygen atoms in total. The van der Waals surface area contributed by atoms with Crippen LogP contribution < -0.4 is 5.32 Å². The molecule has 0 aliphatic heterocycles. The van der Waals surface area contributed by atoms with E-state index in [0.29, 0.717) is 6.54 Å². The molecule has 3 rings (SSSR count). The van der Waals surface area contributed by atoms with Crippen molar-refractivity contribution in [1.29, 1.82) is 0 Å². The van der Waals surface area contributed by atoms with E-state index >= 15 is 0 Å². The van der Waals surface area contributed by atoms with Gasteiger partial charge in [-0.15, -0.1) is 0 Å². The Kier molecular flexibility index (Phi) is 3.73. The van der Waals surface area contributed by atoms with E-state index in [-0.39, 0.29) is 17.3 Å². The number of hydrogen-bond donors (Lipinski definition) is 1. The number of rotatable bonds is 5. The van der Waals surface area contributed by atoms with Crippen LogP contribution >= 0.6 is 0 Å². The highest BCUT2D eigenvalue weighted by Crippen LogP contribution is 2.27. The highest BCUT2D eigenvalue weighted by atomic mass is 16.6. The van der Waals surface area contributed by atoms with Crippen LogP contribution in [0, 0.1) is 10.1 Å². The fourth-order valence-electron chi connectivity index (χ4n) is 2.02. The molecule has 1 aromatic carbocycles. The van der Waals surface area contributed by atoms with Crippen LogP contribution in [0.1, 0.15) is 5.56 Å². The van der Waals surface area contributed by atoms with Crippen molar-refractivity contribution in [2.75, 3.05) is 5.32 Å². The van der Waals surface area contributed by atoms with Gasteiger partial charge in [0, 0.05) is 18.9 Å². The lowest BCUT2D eigenvalue weighted by atomic mass is 10.2. The van der Waals surface area contributed by atoms with Gasteiger partial charge >= 0.3 is 5.69 Å². The third kappa shape index (κ3) is 2.75. The maximum atomic E-state index is 11.4. The molecule has 8 heteroatoms. The monoisotopic (exact) mass is 296 g/mol. The van der Waals surface area contributed by atoms with Crippen molar-refractivity contribution in [2.24, 2.45) is 0 Å². The molecule has 0 fully saturated rings. The van der Waals surface area contributed by atoms with Crippen molar-refractivity contribution in [3.8, 4) is 5.82 Å². The summed E-state index contributed by atoms with van der Waals surface area (Å²) >= 11 is 0. The Bertz CT molecular complexity index is 773. The summed E-state index contributed by atoms with van der Waals surface area (Å²) < 4.78 is 1.48. The number of hydrogen-bond acceptors (Lipinski definition) is 6. The minimum atomic E-state index is -0.497. The molecule has 0 saturated heterocycles. The van der Waals surface area contributed by atoms with Crippen LogP contribution in [0.2, 0.25) is 0 Å². The fourth-order valence-corrected chi connectivity index (χ4v) is 2.02. The molecule has 0 unspecified atom stereocenters. The van der Waals surface area contributed by atoms with Gasteiger partial charge in [-0.1, -0.05) is 30.3 Å². The Morgan fingerprint density at radius 3 is 2.73 bits per heavy atom. The minimum absolute atomic E-state index is 0.174. The van der Waals surface area contributed by atoms with Crippen molar-refractivity contribution < 1.29 is 4.92 Å². The Morgan fingerprint density at radius 1 is 1.23 bits per heavy atom. The molecule has 0 spiro atoms. The van der Waals surface area contributed by atoms with E-state index < -0.39 is 4.92 Å². The smallest absolute Gasteiger partial charge is 0.354 e. The zero-order valence-electron chi connectivity index (χ0n) is 11.5. The molecule has 2 aromatic heterocycles. The largest absolute Gasteiger partial charge is 0.360 e. The second kappa shape index (κ2) is 6.00. The van der Waals surface area contributed by atoms with Crippen LogP contribution in [0.5, 0.6) is 0 Å². The Morgan fingerprint density at radius 2 is 2.05 bits per heavy atom. The first-order chi connectivity index (χ1) is 10.8. The van der Waals surface area contributed by atoms with Gasteiger partial charge in [0.15, 0.2) is 0 Å². The van der Waals surface area contributed by atoms with Gasteiger partial charge in [-0.2, -0.15) is 0 Å². The molecule has 0 aliphatic carbocycles. The molecular formula is C14H12N6O2. The lowest BCUT2D eigenvalue weighted by Gasteiger charge is -2.08. The van der Waals surface area contributed by atoms with Crippen LogP contribution in [-0.2, 0) is 6.54 Å². The van der Waals surface area contributed by atoms with Crippen LogP contribution in [-0.4, -0.2) is 24.4 Å². The van der Waals surface area contributed by atoms with E-state index in [0.717, 1.165) is 5.56 Å². The quantitative estimate of drug-likeness (QED) is 0.572. The van der Waals surface area contributed by atoms with Crippen LogP contribution in [0.3, 0.4) is 0 Å². The van der Waals surface area contributed by atoms with Crippen molar-refractivity contribution in [3.05, 3.63) is 71.1 Å². The van der Waals surface area contributed by atoms with Gasteiger partial charge in [0.1, 0.15) is 12.7 Å². The lowest BCUT2D eigenvalue weighted by Crippen LogP contribution is -2.09. The van der Waals surface area contributed by atoms with Crippen LogP contribution in [0.4, 0.5) is 11.5 Å². The molecule has 110 valence electrons. The molecular weight excluding hydrogens is 284 g/mol. The second-order valence-corrected chi connectivity index (χ2v) is 4.46. The van der Waals surface area contributed by atoms with Crippen molar-refractivity contribution in [2.45, 2.75) is 6.54 Å². The first kappa shape index (κ1) is 13.7. The summed E-state index contributed by atoms with van der Waals surface area (Å²) in [7, 11) is 0. The van der Waals surface area contributed by atoms with Gasteiger partial charge in [0.2, 0.25) is 11.6 Å². The van der Waals surface area contributed by atoms with Crippen molar-refractivity contribution in [3.63, 3.8) is 0 Å². The maximum absolute atomic E-state index is 11.4. The first-order valence-electron chi connectivity index (χ1n) is 6.51. The standard InChI is InChI=1S/C14H12N6O2/c21-20(22)12-13(16-8-11-4-2-1-3-5-11)17-9-18-14(12)19-7-6-15-10-19/h1-7,9-10H,8H2,(H,16,17,18). The highest BCUT2D eigenvalue weighted by Gasteiger charge is 2.23. The number of nitrogens with one attached hydrogen (secondary N) is 1. The number of nitro groups is 1. The summed E-state index contributed by atoms with van der Waals surface area (Å²) in [6.45, 7) is 0.433. The molecule has 0 bridgehead atoms. The summed E-state index contributed by atoms with van der Waals surface area (Å²) in [4.78, 5) is 22.8. The van der Waals surface area contributed by atoms with Crippen LogP contribution in [0.25, 0.3) is 5.82 Å². The first-order valence-corrected chi connectivity index (χ1v) is 6.51. The predicted octanol–water partition coefficient (Wildman–Crippen LogP) is 2.18. The normalized spacial score (nSPS) is 10.4. The van der Waals surface area contributed by atoms with Gasteiger partial charge < -0.3 is 5.32 Å². The van der Waals surface area contributed by atoms with Gasteiger partial charge in [0.25, 0.3) is 0 Å². The Labute approximate surface area is 125 Å². The van der Waals surface area contributed by atoms with Crippen molar-refractivity contribution >= 4 is 11.5 Å². The van der Waals surface area contributed by atoms with Gasteiger partial charge in [-0.3, -0.25) is 14.7 Å². The number of imidazole rings is 1. The Hall–Kier alpha value is -3.29.